The number of carbonyl (C=O) groups is 1. The molecule has 2 aliphatic rings. The van der Waals surface area contributed by atoms with Crippen LogP contribution in [0.25, 0.3) is 0 Å². The highest BCUT2D eigenvalue weighted by molar-refractivity contribution is 9.10. The number of hydrogen-bond donors (Lipinski definition) is 0. The molecule has 1 aliphatic carbocycles. The summed E-state index contributed by atoms with van der Waals surface area (Å²) < 4.78 is 0. The fourth-order valence-corrected chi connectivity index (χ4v) is 3.55. The monoisotopic (exact) mass is 331 g/mol. The number of likely N-dealkylation sites (tertiary alicyclic amines) is 1. The Morgan fingerprint density at radius 3 is 2.65 bits per heavy atom. The van der Waals surface area contributed by atoms with E-state index in [0.29, 0.717) is 0 Å². The van der Waals surface area contributed by atoms with Gasteiger partial charge in [0.2, 0.25) is 5.91 Å². The number of allylic oxidation sites excluding steroid dienone is 3. The summed E-state index contributed by atoms with van der Waals surface area (Å²) in [5, 5.41) is 0. The molecule has 1 amide bonds. The minimum absolute atomic E-state index is 0.00145. The second-order valence-corrected chi connectivity index (χ2v) is 6.63. The van der Waals surface area contributed by atoms with Gasteiger partial charge in [-0.05, 0) is 18.4 Å². The van der Waals surface area contributed by atoms with Crippen molar-refractivity contribution in [2.24, 2.45) is 0 Å². The van der Waals surface area contributed by atoms with Crippen LogP contribution in [0.2, 0.25) is 0 Å². The highest BCUT2D eigenvalue weighted by atomic mass is 79.9. The van der Waals surface area contributed by atoms with E-state index in [2.05, 4.69) is 64.5 Å². The van der Waals surface area contributed by atoms with E-state index in [1.54, 1.807) is 0 Å². The van der Waals surface area contributed by atoms with Gasteiger partial charge in [0.25, 0.3) is 0 Å². The second kappa shape index (κ2) is 5.57. The van der Waals surface area contributed by atoms with Crippen molar-refractivity contribution >= 4 is 21.8 Å². The zero-order chi connectivity index (χ0) is 14.0. The van der Waals surface area contributed by atoms with Gasteiger partial charge in [0.1, 0.15) is 0 Å². The number of alkyl halides is 1. The standard InChI is InChI=1S/C17H18BrNO/c18-15-9-12-19(16(15)20)13-17(10-5-2-6-11-17)14-7-3-1-4-8-14/h1-8,10,15H,9,11-13H2. The van der Waals surface area contributed by atoms with Crippen LogP contribution < -0.4 is 0 Å². The number of halogens is 1. The largest absolute Gasteiger partial charge is 0.340 e. The number of nitrogens with zero attached hydrogens (tertiary/aromatic N) is 1. The molecule has 1 aromatic carbocycles. The molecule has 3 heteroatoms. The topological polar surface area (TPSA) is 20.3 Å². The summed E-state index contributed by atoms with van der Waals surface area (Å²) in [6.45, 7) is 1.61. The predicted octanol–water partition coefficient (Wildman–Crippen LogP) is 3.44. The lowest BCUT2D eigenvalue weighted by atomic mass is 9.75. The molecule has 2 unspecified atom stereocenters. The van der Waals surface area contributed by atoms with Gasteiger partial charge in [-0.15, -0.1) is 0 Å². The number of amides is 1. The van der Waals surface area contributed by atoms with Crippen LogP contribution in [0.1, 0.15) is 18.4 Å². The Hall–Kier alpha value is -1.35. The van der Waals surface area contributed by atoms with E-state index in [4.69, 9.17) is 0 Å². The summed E-state index contributed by atoms with van der Waals surface area (Å²) in [7, 11) is 0. The molecule has 0 aromatic heterocycles. The van der Waals surface area contributed by atoms with E-state index in [1.807, 2.05) is 11.0 Å². The third-order valence-electron chi connectivity index (χ3n) is 4.20. The number of rotatable bonds is 3. The van der Waals surface area contributed by atoms with Crippen LogP contribution >= 0.6 is 15.9 Å². The Morgan fingerprint density at radius 1 is 1.25 bits per heavy atom. The van der Waals surface area contributed by atoms with E-state index < -0.39 is 0 Å². The van der Waals surface area contributed by atoms with Crippen molar-refractivity contribution in [1.82, 2.24) is 4.90 Å². The van der Waals surface area contributed by atoms with Gasteiger partial charge in [-0.25, -0.2) is 0 Å². The Morgan fingerprint density at radius 2 is 2.05 bits per heavy atom. The SMILES string of the molecule is O=C1C(Br)CCN1CC1(c2ccccc2)C=CC=CC1. The van der Waals surface area contributed by atoms with Gasteiger partial charge in [0, 0.05) is 18.5 Å². The smallest absolute Gasteiger partial charge is 0.236 e. The van der Waals surface area contributed by atoms with Crippen LogP contribution in [0.4, 0.5) is 0 Å². The molecule has 0 spiro atoms. The average molecular weight is 332 g/mol. The zero-order valence-electron chi connectivity index (χ0n) is 11.3. The van der Waals surface area contributed by atoms with Gasteiger partial charge < -0.3 is 4.90 Å². The lowest BCUT2D eigenvalue weighted by Gasteiger charge is -2.36. The minimum Gasteiger partial charge on any atom is -0.340 e. The highest BCUT2D eigenvalue weighted by Crippen LogP contribution is 2.35. The van der Waals surface area contributed by atoms with Gasteiger partial charge in [-0.1, -0.05) is 70.6 Å². The molecule has 20 heavy (non-hydrogen) atoms. The Kier molecular flexibility index (Phi) is 3.79. The molecule has 1 fully saturated rings. The fraction of sp³-hybridized carbons (Fsp3) is 0.353. The van der Waals surface area contributed by atoms with Crippen LogP contribution in [0.15, 0.2) is 54.6 Å². The summed E-state index contributed by atoms with van der Waals surface area (Å²) >= 11 is 3.46. The summed E-state index contributed by atoms with van der Waals surface area (Å²) in [4.78, 5) is 14.2. The Labute approximate surface area is 128 Å². The summed E-state index contributed by atoms with van der Waals surface area (Å²) in [5.41, 5.74) is 1.20. The van der Waals surface area contributed by atoms with Crippen molar-refractivity contribution < 1.29 is 4.79 Å². The van der Waals surface area contributed by atoms with E-state index >= 15 is 0 Å². The van der Waals surface area contributed by atoms with E-state index in [0.717, 1.165) is 25.9 Å². The molecule has 0 N–H and O–H groups in total. The second-order valence-electron chi connectivity index (χ2n) is 5.53. The molecule has 3 rings (SSSR count). The van der Waals surface area contributed by atoms with Crippen molar-refractivity contribution in [3.8, 4) is 0 Å². The molecule has 1 aromatic rings. The summed E-state index contributed by atoms with van der Waals surface area (Å²) in [6, 6.07) is 10.5. The van der Waals surface area contributed by atoms with Crippen LogP contribution in [-0.2, 0) is 10.2 Å². The Bertz CT molecular complexity index is 551. The van der Waals surface area contributed by atoms with E-state index in [1.165, 1.54) is 5.56 Å². The Balaban J connectivity index is 1.90. The first-order chi connectivity index (χ1) is 9.71. The predicted molar refractivity (Wildman–Crippen MR) is 84.9 cm³/mol. The van der Waals surface area contributed by atoms with Crippen molar-refractivity contribution in [2.45, 2.75) is 23.1 Å². The fourth-order valence-electron chi connectivity index (χ4n) is 3.06. The minimum atomic E-state index is -0.0806. The van der Waals surface area contributed by atoms with Crippen LogP contribution in [0, 0.1) is 0 Å². The summed E-state index contributed by atoms with van der Waals surface area (Å²) in [5.74, 6) is 0.225. The first-order valence-corrected chi connectivity index (χ1v) is 7.96. The van der Waals surface area contributed by atoms with Crippen LogP contribution in [0.5, 0.6) is 0 Å². The van der Waals surface area contributed by atoms with E-state index in [-0.39, 0.29) is 16.1 Å². The van der Waals surface area contributed by atoms with Gasteiger partial charge in [0.15, 0.2) is 0 Å². The normalized spacial score (nSPS) is 29.1. The summed E-state index contributed by atoms with van der Waals surface area (Å²) in [6.07, 6.45) is 10.5. The maximum Gasteiger partial charge on any atom is 0.236 e. The molecule has 0 bridgehead atoms. The maximum absolute atomic E-state index is 12.2. The first-order valence-electron chi connectivity index (χ1n) is 7.04. The van der Waals surface area contributed by atoms with Crippen molar-refractivity contribution in [2.75, 3.05) is 13.1 Å². The molecule has 104 valence electrons. The lowest BCUT2D eigenvalue weighted by molar-refractivity contribution is -0.127. The average Bonchev–Trinajstić information content (AvgIpc) is 2.81. The van der Waals surface area contributed by atoms with Crippen molar-refractivity contribution in [3.63, 3.8) is 0 Å². The molecule has 0 saturated carbocycles. The highest BCUT2D eigenvalue weighted by Gasteiger charge is 2.37. The molecule has 1 heterocycles. The molecular weight excluding hydrogens is 314 g/mol. The van der Waals surface area contributed by atoms with Gasteiger partial charge in [-0.2, -0.15) is 0 Å². The maximum atomic E-state index is 12.2. The number of carbonyl (C=O) groups excluding carboxylic acids is 1. The third-order valence-corrected chi connectivity index (χ3v) is 5.05. The van der Waals surface area contributed by atoms with Crippen molar-refractivity contribution in [1.29, 1.82) is 0 Å². The molecule has 1 aliphatic heterocycles. The third kappa shape index (κ3) is 2.47. The molecule has 0 radical (unpaired) electrons. The molecule has 2 atom stereocenters. The van der Waals surface area contributed by atoms with Gasteiger partial charge in [0.05, 0.1) is 4.83 Å². The zero-order valence-corrected chi connectivity index (χ0v) is 12.9. The van der Waals surface area contributed by atoms with E-state index in [9.17, 15) is 4.79 Å². The van der Waals surface area contributed by atoms with Gasteiger partial charge in [-0.3, -0.25) is 4.79 Å². The molecular formula is C17H18BrNO. The first kappa shape index (κ1) is 13.6. The van der Waals surface area contributed by atoms with Crippen LogP contribution in [-0.4, -0.2) is 28.7 Å². The number of hydrogen-bond acceptors (Lipinski definition) is 1. The molecule has 1 saturated heterocycles. The molecule has 2 nitrogen and oxygen atoms in total. The van der Waals surface area contributed by atoms with Crippen molar-refractivity contribution in [3.05, 3.63) is 60.2 Å². The number of benzene rings is 1. The van der Waals surface area contributed by atoms with Gasteiger partial charge >= 0.3 is 0 Å². The van der Waals surface area contributed by atoms with Crippen LogP contribution in [0.3, 0.4) is 0 Å². The quantitative estimate of drug-likeness (QED) is 0.777. The lowest BCUT2D eigenvalue weighted by Crippen LogP contribution is -2.41.